The number of carbonyl (C=O) groups is 3. The molecule has 1 aromatic heterocycles. The summed E-state index contributed by atoms with van der Waals surface area (Å²) in [6.07, 6.45) is 1.56. The number of carbonyl (C=O) groups excluding carboxylic acids is 3. The van der Waals surface area contributed by atoms with E-state index in [4.69, 9.17) is 0 Å². The number of thiazole rings is 1. The number of nitrogens with zero attached hydrogens (tertiary/aromatic N) is 2. The highest BCUT2D eigenvalue weighted by molar-refractivity contribution is 7.14. The van der Waals surface area contributed by atoms with Crippen molar-refractivity contribution in [3.05, 3.63) is 71.6 Å². The number of rotatable bonds is 7. The van der Waals surface area contributed by atoms with Crippen molar-refractivity contribution in [3.63, 3.8) is 0 Å². The second kappa shape index (κ2) is 10.4. The van der Waals surface area contributed by atoms with E-state index >= 15 is 0 Å². The molecule has 33 heavy (non-hydrogen) atoms. The molecule has 0 aliphatic carbocycles. The molecule has 1 aliphatic heterocycles. The third kappa shape index (κ3) is 5.28. The molecule has 2 aromatic carbocycles. The minimum Gasteiger partial charge on any atom is -0.341 e. The van der Waals surface area contributed by atoms with E-state index in [0.717, 1.165) is 17.7 Å². The first kappa shape index (κ1) is 22.7. The Hall–Kier alpha value is -3.52. The standard InChI is InChI=1S/C25H26N4O3S/c1-2-21(30)27-22(18-12-7-4-8-13-18)24(32)29-15-9-14-20(29)23(31)28-25-26-19(16-33-25)17-10-5-3-6-11-17/h3-8,10-13,16,20,22H,2,9,14-15H2,1H3,(H,27,30)(H,26,28,31)/t20-,22+/m0/s1. The molecule has 7 nitrogen and oxygen atoms in total. The van der Waals surface area contributed by atoms with Gasteiger partial charge in [0, 0.05) is 23.9 Å². The van der Waals surface area contributed by atoms with Crippen molar-refractivity contribution in [2.75, 3.05) is 11.9 Å². The van der Waals surface area contributed by atoms with Crippen molar-refractivity contribution in [1.29, 1.82) is 0 Å². The van der Waals surface area contributed by atoms with E-state index in [0.29, 0.717) is 23.7 Å². The second-order valence-electron chi connectivity index (χ2n) is 7.85. The molecule has 0 saturated carbocycles. The van der Waals surface area contributed by atoms with E-state index in [1.54, 1.807) is 11.8 Å². The predicted molar refractivity (Wildman–Crippen MR) is 129 cm³/mol. The summed E-state index contributed by atoms with van der Waals surface area (Å²) in [6, 6.07) is 17.5. The van der Waals surface area contributed by atoms with Crippen LogP contribution in [0.25, 0.3) is 11.3 Å². The van der Waals surface area contributed by atoms with Gasteiger partial charge in [0.05, 0.1) is 5.69 Å². The van der Waals surface area contributed by atoms with Crippen LogP contribution in [0.4, 0.5) is 5.13 Å². The molecule has 4 rings (SSSR count). The van der Waals surface area contributed by atoms with Crippen molar-refractivity contribution in [3.8, 4) is 11.3 Å². The highest BCUT2D eigenvalue weighted by Crippen LogP contribution is 2.27. The van der Waals surface area contributed by atoms with Gasteiger partial charge in [0.1, 0.15) is 12.1 Å². The topological polar surface area (TPSA) is 91.4 Å². The van der Waals surface area contributed by atoms with Crippen LogP contribution in [-0.2, 0) is 14.4 Å². The summed E-state index contributed by atoms with van der Waals surface area (Å²) in [5, 5.41) is 8.09. The first-order valence-corrected chi connectivity index (χ1v) is 11.9. The van der Waals surface area contributed by atoms with Gasteiger partial charge in [-0.2, -0.15) is 0 Å². The monoisotopic (exact) mass is 462 g/mol. The summed E-state index contributed by atoms with van der Waals surface area (Å²) in [6.45, 7) is 2.21. The zero-order valence-electron chi connectivity index (χ0n) is 18.4. The van der Waals surface area contributed by atoms with Crippen molar-refractivity contribution in [1.82, 2.24) is 15.2 Å². The number of nitrogens with one attached hydrogen (secondary N) is 2. The molecule has 0 unspecified atom stereocenters. The number of likely N-dealkylation sites (tertiary alicyclic amines) is 1. The number of amides is 3. The van der Waals surface area contributed by atoms with Gasteiger partial charge in [-0.1, -0.05) is 67.6 Å². The van der Waals surface area contributed by atoms with Gasteiger partial charge in [-0.05, 0) is 18.4 Å². The van der Waals surface area contributed by atoms with Crippen LogP contribution in [-0.4, -0.2) is 40.2 Å². The van der Waals surface area contributed by atoms with Crippen LogP contribution in [0.3, 0.4) is 0 Å². The van der Waals surface area contributed by atoms with Crippen LogP contribution >= 0.6 is 11.3 Å². The van der Waals surface area contributed by atoms with Crippen LogP contribution < -0.4 is 10.6 Å². The fourth-order valence-corrected chi connectivity index (χ4v) is 4.65. The van der Waals surface area contributed by atoms with Crippen LogP contribution in [0.2, 0.25) is 0 Å². The fraction of sp³-hybridized carbons (Fsp3) is 0.280. The average Bonchev–Trinajstić information content (AvgIpc) is 3.53. The van der Waals surface area contributed by atoms with E-state index in [2.05, 4.69) is 15.6 Å². The van der Waals surface area contributed by atoms with Gasteiger partial charge in [-0.15, -0.1) is 11.3 Å². The first-order chi connectivity index (χ1) is 16.1. The summed E-state index contributed by atoms with van der Waals surface area (Å²) < 4.78 is 0. The highest BCUT2D eigenvalue weighted by atomic mass is 32.1. The normalized spacial score (nSPS) is 16.3. The van der Waals surface area contributed by atoms with Crippen LogP contribution in [0, 0.1) is 0 Å². The zero-order valence-corrected chi connectivity index (χ0v) is 19.2. The minimum atomic E-state index is -0.823. The number of hydrogen-bond donors (Lipinski definition) is 2. The third-order valence-electron chi connectivity index (χ3n) is 5.65. The van der Waals surface area contributed by atoms with E-state index in [1.165, 1.54) is 11.3 Å². The fourth-order valence-electron chi connectivity index (χ4n) is 3.93. The van der Waals surface area contributed by atoms with Crippen molar-refractivity contribution < 1.29 is 14.4 Å². The molecule has 3 amide bonds. The molecule has 0 bridgehead atoms. The van der Waals surface area contributed by atoms with Crippen LogP contribution in [0.1, 0.15) is 37.8 Å². The lowest BCUT2D eigenvalue weighted by Crippen LogP contribution is -2.48. The Kier molecular flexibility index (Phi) is 7.14. The van der Waals surface area contributed by atoms with Crippen molar-refractivity contribution in [2.24, 2.45) is 0 Å². The van der Waals surface area contributed by atoms with Crippen LogP contribution in [0.5, 0.6) is 0 Å². The summed E-state index contributed by atoms with van der Waals surface area (Å²) in [5.41, 5.74) is 2.47. The molecule has 8 heteroatoms. The first-order valence-electron chi connectivity index (χ1n) is 11.0. The lowest BCUT2D eigenvalue weighted by Gasteiger charge is -2.28. The summed E-state index contributed by atoms with van der Waals surface area (Å²) in [5.74, 6) is -0.748. The molecule has 2 N–H and O–H groups in total. The zero-order chi connectivity index (χ0) is 23.2. The lowest BCUT2D eigenvalue weighted by atomic mass is 10.0. The summed E-state index contributed by atoms with van der Waals surface area (Å²) >= 11 is 1.35. The van der Waals surface area contributed by atoms with Crippen molar-refractivity contribution in [2.45, 2.75) is 38.3 Å². The Morgan fingerprint density at radius 2 is 1.79 bits per heavy atom. The largest absolute Gasteiger partial charge is 0.341 e. The van der Waals surface area contributed by atoms with Gasteiger partial charge in [0.15, 0.2) is 5.13 Å². The van der Waals surface area contributed by atoms with Gasteiger partial charge in [0.25, 0.3) is 0 Å². The average molecular weight is 463 g/mol. The van der Waals surface area contributed by atoms with E-state index < -0.39 is 12.1 Å². The molecule has 0 radical (unpaired) electrons. The quantitative estimate of drug-likeness (QED) is 0.555. The Morgan fingerprint density at radius 3 is 2.48 bits per heavy atom. The Balaban J connectivity index is 1.49. The maximum Gasteiger partial charge on any atom is 0.250 e. The second-order valence-corrected chi connectivity index (χ2v) is 8.71. The SMILES string of the molecule is CCC(=O)N[C@@H](C(=O)N1CCC[C@H]1C(=O)Nc1nc(-c2ccccc2)cs1)c1ccccc1. The third-order valence-corrected chi connectivity index (χ3v) is 6.41. The maximum absolute atomic E-state index is 13.5. The number of hydrogen-bond acceptors (Lipinski definition) is 5. The molecule has 1 aliphatic rings. The smallest absolute Gasteiger partial charge is 0.250 e. The van der Waals surface area contributed by atoms with Crippen LogP contribution in [0.15, 0.2) is 66.0 Å². The predicted octanol–water partition coefficient (Wildman–Crippen LogP) is 4.01. The molecule has 2 heterocycles. The molecule has 2 atom stereocenters. The maximum atomic E-state index is 13.5. The number of benzene rings is 2. The van der Waals surface area contributed by atoms with E-state index in [1.807, 2.05) is 66.0 Å². The van der Waals surface area contributed by atoms with Gasteiger partial charge in [-0.3, -0.25) is 14.4 Å². The molecular weight excluding hydrogens is 436 g/mol. The molecule has 1 fully saturated rings. The molecule has 170 valence electrons. The van der Waals surface area contributed by atoms with E-state index in [-0.39, 0.29) is 24.1 Å². The highest BCUT2D eigenvalue weighted by Gasteiger charge is 2.38. The van der Waals surface area contributed by atoms with E-state index in [9.17, 15) is 14.4 Å². The molecular formula is C25H26N4O3S. The van der Waals surface area contributed by atoms with Gasteiger partial charge >= 0.3 is 0 Å². The van der Waals surface area contributed by atoms with Gasteiger partial charge in [0.2, 0.25) is 17.7 Å². The number of anilines is 1. The lowest BCUT2D eigenvalue weighted by molar-refractivity contribution is -0.140. The Labute approximate surface area is 196 Å². The minimum absolute atomic E-state index is 0.214. The van der Waals surface area contributed by atoms with Gasteiger partial charge in [-0.25, -0.2) is 4.98 Å². The summed E-state index contributed by atoms with van der Waals surface area (Å²) in [7, 11) is 0. The Morgan fingerprint density at radius 1 is 1.09 bits per heavy atom. The number of aromatic nitrogens is 1. The Bertz CT molecular complexity index is 1120. The van der Waals surface area contributed by atoms with Gasteiger partial charge < -0.3 is 15.5 Å². The molecule has 1 saturated heterocycles. The molecule has 3 aromatic rings. The van der Waals surface area contributed by atoms with Crippen molar-refractivity contribution >= 4 is 34.2 Å². The molecule has 0 spiro atoms. The summed E-state index contributed by atoms with van der Waals surface area (Å²) in [4.78, 5) is 44.8.